The maximum absolute atomic E-state index is 12.8. The summed E-state index contributed by atoms with van der Waals surface area (Å²) in [6.45, 7) is 3.78. The van der Waals surface area contributed by atoms with Crippen LogP contribution >= 0.6 is 0 Å². The number of rotatable bonds is 5. The Bertz CT molecular complexity index is 1200. The van der Waals surface area contributed by atoms with Gasteiger partial charge in [-0.25, -0.2) is 8.42 Å². The fourth-order valence-corrected chi connectivity index (χ4v) is 4.46. The molecule has 0 aliphatic carbocycles. The number of benzene rings is 3. The number of carbonyl (C=O) groups is 1. The summed E-state index contributed by atoms with van der Waals surface area (Å²) in [4.78, 5) is 12.6. The molecule has 1 heterocycles. The van der Waals surface area contributed by atoms with E-state index in [-0.39, 0.29) is 17.4 Å². The molecule has 0 fully saturated rings. The fraction of sp³-hybridized carbons (Fsp3) is 0.174. The zero-order valence-electron chi connectivity index (χ0n) is 17.1. The number of hydrogen-bond donors (Lipinski definition) is 2. The molecular formula is C23H22N2O5S. The molecule has 4 rings (SSSR count). The predicted octanol–water partition coefficient (Wildman–Crippen LogP) is 3.88. The monoisotopic (exact) mass is 438 g/mol. The van der Waals surface area contributed by atoms with E-state index in [0.29, 0.717) is 22.9 Å². The molecule has 0 radical (unpaired) electrons. The van der Waals surface area contributed by atoms with E-state index in [9.17, 15) is 13.2 Å². The number of sulfonamides is 1. The summed E-state index contributed by atoms with van der Waals surface area (Å²) in [5.41, 5.74) is 2.69. The van der Waals surface area contributed by atoms with Crippen LogP contribution in [0.3, 0.4) is 0 Å². The van der Waals surface area contributed by atoms with E-state index in [4.69, 9.17) is 9.47 Å². The van der Waals surface area contributed by atoms with Crippen LogP contribution in [0.1, 0.15) is 11.1 Å². The summed E-state index contributed by atoms with van der Waals surface area (Å²) < 4.78 is 39.4. The summed E-state index contributed by atoms with van der Waals surface area (Å²) in [7, 11) is -3.76. The number of fused-ring (bicyclic) bond motifs is 1. The van der Waals surface area contributed by atoms with Crippen molar-refractivity contribution in [1.29, 1.82) is 0 Å². The largest absolute Gasteiger partial charge is 0.485 e. The molecule has 0 saturated carbocycles. The standard InChI is InChI=1S/C23H22N2O5S/c1-15-6-5-7-16(2)22(15)25-31(27,28)18-12-10-17(11-13-18)24-23(26)21-14-29-19-8-3-4-9-20(19)30-21/h3-13,21,25H,14H2,1-2H3,(H,24,26)/t21-/m1/s1. The van der Waals surface area contributed by atoms with Crippen LogP contribution in [0.2, 0.25) is 0 Å². The van der Waals surface area contributed by atoms with E-state index in [2.05, 4.69) is 10.0 Å². The van der Waals surface area contributed by atoms with E-state index in [1.807, 2.05) is 38.1 Å². The number of carbonyl (C=O) groups excluding carboxylic acids is 1. The number of aryl methyl sites for hydroxylation is 2. The van der Waals surface area contributed by atoms with Crippen LogP contribution in [0.15, 0.2) is 71.6 Å². The van der Waals surface area contributed by atoms with Crippen LogP contribution in [0, 0.1) is 13.8 Å². The Hall–Kier alpha value is -3.52. The minimum Gasteiger partial charge on any atom is -0.485 e. The molecule has 1 amide bonds. The first-order chi connectivity index (χ1) is 14.8. The predicted molar refractivity (Wildman–Crippen MR) is 118 cm³/mol. The van der Waals surface area contributed by atoms with Gasteiger partial charge in [0.05, 0.1) is 10.6 Å². The Balaban J connectivity index is 1.44. The topological polar surface area (TPSA) is 93.7 Å². The lowest BCUT2D eigenvalue weighted by Crippen LogP contribution is -2.40. The summed E-state index contributed by atoms with van der Waals surface area (Å²) in [5.74, 6) is 0.726. The molecule has 8 heteroatoms. The maximum atomic E-state index is 12.8. The van der Waals surface area contributed by atoms with Crippen molar-refractivity contribution in [3.63, 3.8) is 0 Å². The Morgan fingerprint density at radius 2 is 1.55 bits per heavy atom. The molecule has 0 saturated heterocycles. The van der Waals surface area contributed by atoms with Gasteiger partial charge in [-0.3, -0.25) is 9.52 Å². The first-order valence-corrected chi connectivity index (χ1v) is 11.2. The molecule has 0 aromatic heterocycles. The van der Waals surface area contributed by atoms with Crippen LogP contribution in [-0.2, 0) is 14.8 Å². The first kappa shape index (κ1) is 20.7. The lowest BCUT2D eigenvalue weighted by molar-refractivity contribution is -0.125. The smallest absolute Gasteiger partial charge is 0.269 e. The molecule has 0 unspecified atom stereocenters. The number of ether oxygens (including phenoxy) is 2. The van der Waals surface area contributed by atoms with Crippen molar-refractivity contribution in [2.75, 3.05) is 16.6 Å². The molecule has 0 spiro atoms. The summed E-state index contributed by atoms with van der Waals surface area (Å²) >= 11 is 0. The van der Waals surface area contributed by atoms with Gasteiger partial charge < -0.3 is 14.8 Å². The van der Waals surface area contributed by atoms with Crippen LogP contribution in [0.25, 0.3) is 0 Å². The normalized spacial score (nSPS) is 15.2. The van der Waals surface area contributed by atoms with Crippen molar-refractivity contribution in [2.45, 2.75) is 24.8 Å². The second-order valence-corrected chi connectivity index (χ2v) is 8.93. The minimum absolute atomic E-state index is 0.0923. The Morgan fingerprint density at radius 3 is 2.23 bits per heavy atom. The molecular weight excluding hydrogens is 416 g/mol. The molecule has 0 bridgehead atoms. The lowest BCUT2D eigenvalue weighted by atomic mass is 10.1. The number of hydrogen-bond acceptors (Lipinski definition) is 5. The Morgan fingerprint density at radius 1 is 0.903 bits per heavy atom. The number of nitrogens with one attached hydrogen (secondary N) is 2. The van der Waals surface area contributed by atoms with Gasteiger partial charge in [0.2, 0.25) is 6.10 Å². The molecule has 1 atom stereocenters. The Labute approximate surface area is 181 Å². The minimum atomic E-state index is -3.76. The highest BCUT2D eigenvalue weighted by molar-refractivity contribution is 7.92. The van der Waals surface area contributed by atoms with Crippen molar-refractivity contribution in [1.82, 2.24) is 0 Å². The molecule has 3 aromatic rings. The molecule has 2 N–H and O–H groups in total. The third-order valence-electron chi connectivity index (χ3n) is 4.95. The summed E-state index contributed by atoms with van der Waals surface area (Å²) in [6, 6.07) is 18.7. The SMILES string of the molecule is Cc1cccc(C)c1NS(=O)(=O)c1ccc(NC(=O)[C@H]2COc3ccccc3O2)cc1. The average molecular weight is 439 g/mol. The van der Waals surface area contributed by atoms with E-state index in [1.165, 1.54) is 24.3 Å². The average Bonchev–Trinajstić information content (AvgIpc) is 2.76. The van der Waals surface area contributed by atoms with Gasteiger partial charge in [0.15, 0.2) is 11.5 Å². The first-order valence-electron chi connectivity index (χ1n) is 9.72. The molecule has 160 valence electrons. The van der Waals surface area contributed by atoms with Crippen molar-refractivity contribution in [3.05, 3.63) is 77.9 Å². The second kappa shape index (κ2) is 8.31. The van der Waals surface area contributed by atoms with Gasteiger partial charge in [0.25, 0.3) is 15.9 Å². The van der Waals surface area contributed by atoms with E-state index < -0.39 is 16.1 Å². The maximum Gasteiger partial charge on any atom is 0.269 e. The lowest BCUT2D eigenvalue weighted by Gasteiger charge is -2.25. The van der Waals surface area contributed by atoms with Gasteiger partial charge in [0.1, 0.15) is 6.61 Å². The number of para-hydroxylation sites is 3. The van der Waals surface area contributed by atoms with Gasteiger partial charge >= 0.3 is 0 Å². The zero-order chi connectivity index (χ0) is 22.0. The Kier molecular flexibility index (Phi) is 5.56. The molecule has 1 aliphatic rings. The molecule has 3 aromatic carbocycles. The zero-order valence-corrected chi connectivity index (χ0v) is 17.9. The van der Waals surface area contributed by atoms with Crippen molar-refractivity contribution < 1.29 is 22.7 Å². The highest BCUT2D eigenvalue weighted by Gasteiger charge is 2.27. The van der Waals surface area contributed by atoms with Crippen LogP contribution < -0.4 is 19.5 Å². The van der Waals surface area contributed by atoms with E-state index in [0.717, 1.165) is 11.1 Å². The van der Waals surface area contributed by atoms with Crippen molar-refractivity contribution >= 4 is 27.3 Å². The van der Waals surface area contributed by atoms with Gasteiger partial charge in [0, 0.05) is 5.69 Å². The third kappa shape index (κ3) is 4.49. The summed E-state index contributed by atoms with van der Waals surface area (Å²) in [5, 5.41) is 2.73. The van der Waals surface area contributed by atoms with Crippen molar-refractivity contribution in [2.24, 2.45) is 0 Å². The summed E-state index contributed by atoms with van der Waals surface area (Å²) in [6.07, 6.45) is -0.802. The molecule has 7 nitrogen and oxygen atoms in total. The number of amides is 1. The second-order valence-electron chi connectivity index (χ2n) is 7.25. The quantitative estimate of drug-likeness (QED) is 0.631. The van der Waals surface area contributed by atoms with Crippen LogP contribution in [0.4, 0.5) is 11.4 Å². The van der Waals surface area contributed by atoms with E-state index >= 15 is 0 Å². The molecule has 1 aliphatic heterocycles. The highest BCUT2D eigenvalue weighted by Crippen LogP contribution is 2.31. The highest BCUT2D eigenvalue weighted by atomic mass is 32.2. The van der Waals surface area contributed by atoms with Gasteiger partial charge in [-0.2, -0.15) is 0 Å². The van der Waals surface area contributed by atoms with Crippen LogP contribution in [-0.4, -0.2) is 27.0 Å². The van der Waals surface area contributed by atoms with Gasteiger partial charge in [-0.05, 0) is 61.4 Å². The third-order valence-corrected chi connectivity index (χ3v) is 6.32. The molecule has 31 heavy (non-hydrogen) atoms. The number of anilines is 2. The van der Waals surface area contributed by atoms with Gasteiger partial charge in [-0.1, -0.05) is 30.3 Å². The van der Waals surface area contributed by atoms with E-state index in [1.54, 1.807) is 18.2 Å². The van der Waals surface area contributed by atoms with Gasteiger partial charge in [-0.15, -0.1) is 0 Å². The van der Waals surface area contributed by atoms with Crippen LogP contribution in [0.5, 0.6) is 11.5 Å². The fourth-order valence-electron chi connectivity index (χ4n) is 3.26. The van der Waals surface area contributed by atoms with Crippen molar-refractivity contribution in [3.8, 4) is 11.5 Å².